The SMILES string of the molecule is Cc1ncccc1NC(=O)c1ccc2c(c1)CCC[C@@H]1C[C@](O)(CO)CC[C@]21Cc1ccccc1. The van der Waals surface area contributed by atoms with Crippen LogP contribution in [0.3, 0.4) is 0 Å². The second-order valence-electron chi connectivity index (χ2n) is 10.5. The van der Waals surface area contributed by atoms with Crippen LogP contribution >= 0.6 is 0 Å². The second-order valence-corrected chi connectivity index (χ2v) is 10.5. The van der Waals surface area contributed by atoms with Gasteiger partial charge in [0, 0.05) is 17.2 Å². The number of aliphatic hydroxyl groups excluding tert-OH is 1. The Morgan fingerprint density at radius 1 is 1.11 bits per heavy atom. The number of rotatable bonds is 5. The standard InChI is InChI=1S/C30H34N2O3/c1-21-27(11-6-16-31-21)32-28(34)24-12-13-26-23(17-24)9-5-10-25-19-29(35,20-33)14-15-30(25,26)18-22-7-3-2-4-8-22/h2-4,6-8,11-13,16-17,25,33,35H,5,9-10,14-15,18-20H2,1H3,(H,32,34)/t25-,29+,30-/m1/s1. The van der Waals surface area contributed by atoms with Crippen LogP contribution in [0.25, 0.3) is 0 Å². The van der Waals surface area contributed by atoms with Crippen LogP contribution < -0.4 is 5.32 Å². The Balaban J connectivity index is 1.52. The van der Waals surface area contributed by atoms with Gasteiger partial charge in [-0.1, -0.05) is 36.4 Å². The number of aromatic nitrogens is 1. The minimum atomic E-state index is -1.00. The van der Waals surface area contributed by atoms with Crippen LogP contribution in [0.1, 0.15) is 64.8 Å². The van der Waals surface area contributed by atoms with E-state index in [0.717, 1.165) is 43.5 Å². The van der Waals surface area contributed by atoms with Gasteiger partial charge in [-0.3, -0.25) is 9.78 Å². The quantitative estimate of drug-likeness (QED) is 0.491. The summed E-state index contributed by atoms with van der Waals surface area (Å²) in [6.45, 7) is 1.70. The molecule has 0 saturated heterocycles. The number of hydrogen-bond acceptors (Lipinski definition) is 4. The molecule has 182 valence electrons. The maximum Gasteiger partial charge on any atom is 0.255 e. The number of anilines is 1. The van der Waals surface area contributed by atoms with E-state index in [4.69, 9.17) is 0 Å². The summed E-state index contributed by atoms with van der Waals surface area (Å²) in [4.78, 5) is 17.4. The average molecular weight is 471 g/mol. The van der Waals surface area contributed by atoms with Crippen molar-refractivity contribution in [2.75, 3.05) is 11.9 Å². The number of amides is 1. The van der Waals surface area contributed by atoms with E-state index in [1.165, 1.54) is 16.7 Å². The van der Waals surface area contributed by atoms with Gasteiger partial charge >= 0.3 is 0 Å². The minimum Gasteiger partial charge on any atom is -0.393 e. The van der Waals surface area contributed by atoms with Crippen LogP contribution in [0.4, 0.5) is 5.69 Å². The van der Waals surface area contributed by atoms with Crippen LogP contribution in [0.5, 0.6) is 0 Å². The summed E-state index contributed by atoms with van der Waals surface area (Å²) in [5.74, 6) is 0.146. The maximum absolute atomic E-state index is 13.1. The van der Waals surface area contributed by atoms with Gasteiger partial charge in [-0.2, -0.15) is 0 Å². The van der Waals surface area contributed by atoms with Crippen molar-refractivity contribution in [3.8, 4) is 0 Å². The van der Waals surface area contributed by atoms with Gasteiger partial charge in [0.2, 0.25) is 0 Å². The van der Waals surface area contributed by atoms with E-state index in [2.05, 4.69) is 46.7 Å². The first-order valence-electron chi connectivity index (χ1n) is 12.7. The molecule has 5 heteroatoms. The largest absolute Gasteiger partial charge is 0.393 e. The van der Waals surface area contributed by atoms with Gasteiger partial charge in [0.25, 0.3) is 5.91 Å². The fourth-order valence-corrected chi connectivity index (χ4v) is 6.36. The van der Waals surface area contributed by atoms with E-state index >= 15 is 0 Å². The predicted molar refractivity (Wildman–Crippen MR) is 138 cm³/mol. The number of nitrogens with one attached hydrogen (secondary N) is 1. The summed E-state index contributed by atoms with van der Waals surface area (Å²) >= 11 is 0. The number of carbonyl (C=O) groups excluding carboxylic acids is 1. The number of aliphatic hydroxyl groups is 2. The van der Waals surface area contributed by atoms with Crippen molar-refractivity contribution < 1.29 is 15.0 Å². The monoisotopic (exact) mass is 470 g/mol. The number of aryl methyl sites for hydroxylation is 2. The maximum atomic E-state index is 13.1. The number of hydrogen-bond donors (Lipinski definition) is 3. The molecular formula is C30H34N2O3. The lowest BCUT2D eigenvalue weighted by atomic mass is 9.56. The normalized spacial score (nSPS) is 25.7. The van der Waals surface area contributed by atoms with E-state index in [-0.39, 0.29) is 23.8 Å². The molecule has 0 spiro atoms. The molecule has 1 heterocycles. The number of benzene rings is 2. The summed E-state index contributed by atoms with van der Waals surface area (Å²) < 4.78 is 0. The third-order valence-corrected chi connectivity index (χ3v) is 8.26. The second kappa shape index (κ2) is 9.56. The highest BCUT2D eigenvalue weighted by Gasteiger charge is 2.50. The molecule has 3 N–H and O–H groups in total. The highest BCUT2D eigenvalue weighted by molar-refractivity contribution is 6.04. The van der Waals surface area contributed by atoms with Crippen molar-refractivity contribution in [2.45, 2.75) is 62.9 Å². The summed E-state index contributed by atoms with van der Waals surface area (Å²) in [5, 5.41) is 23.9. The third kappa shape index (κ3) is 4.63. The van der Waals surface area contributed by atoms with Crippen molar-refractivity contribution in [3.63, 3.8) is 0 Å². The highest BCUT2D eigenvalue weighted by Crippen LogP contribution is 2.53. The fraction of sp³-hybridized carbons (Fsp3) is 0.400. The Bertz CT molecular complexity index is 1210. The molecule has 1 aromatic heterocycles. The molecule has 0 bridgehead atoms. The number of fused-ring (bicyclic) bond motifs is 3. The lowest BCUT2D eigenvalue weighted by molar-refractivity contribution is -0.0802. The van der Waals surface area contributed by atoms with Crippen LogP contribution in [0.15, 0.2) is 66.9 Å². The third-order valence-electron chi connectivity index (χ3n) is 8.26. The minimum absolute atomic E-state index is 0.121. The average Bonchev–Trinajstić information content (AvgIpc) is 3.02. The molecule has 3 atom stereocenters. The molecule has 1 saturated carbocycles. The molecule has 0 aliphatic heterocycles. The van der Waals surface area contributed by atoms with Gasteiger partial charge in [-0.05, 0) is 98.7 Å². The molecule has 1 amide bonds. The molecule has 2 aliphatic carbocycles. The lowest BCUT2D eigenvalue weighted by Crippen LogP contribution is -2.50. The first-order valence-corrected chi connectivity index (χ1v) is 12.7. The van der Waals surface area contributed by atoms with E-state index in [0.29, 0.717) is 18.4 Å². The first kappa shape index (κ1) is 23.7. The number of pyridine rings is 1. The zero-order chi connectivity index (χ0) is 24.5. The predicted octanol–water partition coefficient (Wildman–Crippen LogP) is 4.98. The summed E-state index contributed by atoms with van der Waals surface area (Å²) in [5.41, 5.74) is 4.87. The van der Waals surface area contributed by atoms with Crippen LogP contribution in [0.2, 0.25) is 0 Å². The van der Waals surface area contributed by atoms with Gasteiger partial charge in [0.15, 0.2) is 0 Å². The van der Waals surface area contributed by atoms with Gasteiger partial charge < -0.3 is 15.5 Å². The molecule has 0 radical (unpaired) electrons. The molecule has 3 aromatic rings. The van der Waals surface area contributed by atoms with Gasteiger partial charge in [-0.15, -0.1) is 0 Å². The molecule has 5 nitrogen and oxygen atoms in total. The van der Waals surface area contributed by atoms with Gasteiger partial charge in [0.1, 0.15) is 0 Å². The Labute approximate surface area is 207 Å². The zero-order valence-corrected chi connectivity index (χ0v) is 20.3. The van der Waals surface area contributed by atoms with E-state index in [1.807, 2.05) is 31.2 Å². The van der Waals surface area contributed by atoms with Crippen LogP contribution in [-0.4, -0.2) is 33.3 Å². The van der Waals surface area contributed by atoms with Crippen molar-refractivity contribution in [1.29, 1.82) is 0 Å². The molecule has 2 aromatic carbocycles. The molecule has 5 rings (SSSR count). The Hall–Kier alpha value is -3.02. The molecule has 0 unspecified atom stereocenters. The molecular weight excluding hydrogens is 436 g/mol. The highest BCUT2D eigenvalue weighted by atomic mass is 16.3. The van der Waals surface area contributed by atoms with Crippen molar-refractivity contribution >= 4 is 11.6 Å². The van der Waals surface area contributed by atoms with E-state index in [9.17, 15) is 15.0 Å². The Morgan fingerprint density at radius 3 is 2.71 bits per heavy atom. The fourth-order valence-electron chi connectivity index (χ4n) is 6.36. The van der Waals surface area contributed by atoms with Crippen molar-refractivity contribution in [3.05, 3.63) is 94.8 Å². The topological polar surface area (TPSA) is 82.5 Å². The van der Waals surface area contributed by atoms with Gasteiger partial charge in [0.05, 0.1) is 23.6 Å². The Morgan fingerprint density at radius 2 is 1.94 bits per heavy atom. The molecule has 1 fully saturated rings. The smallest absolute Gasteiger partial charge is 0.255 e. The summed E-state index contributed by atoms with van der Waals surface area (Å²) in [6.07, 6.45) is 7.53. The van der Waals surface area contributed by atoms with Crippen molar-refractivity contribution in [2.24, 2.45) is 5.92 Å². The first-order chi connectivity index (χ1) is 16.9. The lowest BCUT2D eigenvalue weighted by Gasteiger charge is -2.50. The Kier molecular flexibility index (Phi) is 6.47. The number of nitrogens with zero attached hydrogens (tertiary/aromatic N) is 1. The molecule has 2 aliphatic rings. The van der Waals surface area contributed by atoms with Gasteiger partial charge in [-0.25, -0.2) is 0 Å². The molecule has 35 heavy (non-hydrogen) atoms. The van der Waals surface area contributed by atoms with E-state index < -0.39 is 5.60 Å². The zero-order valence-electron chi connectivity index (χ0n) is 20.3. The van der Waals surface area contributed by atoms with Crippen LogP contribution in [0, 0.1) is 12.8 Å². The summed E-state index contributed by atoms with van der Waals surface area (Å²) in [7, 11) is 0. The van der Waals surface area contributed by atoms with Crippen LogP contribution in [-0.2, 0) is 18.3 Å². The summed E-state index contributed by atoms with van der Waals surface area (Å²) in [6, 6.07) is 20.4. The van der Waals surface area contributed by atoms with E-state index in [1.54, 1.807) is 6.20 Å². The van der Waals surface area contributed by atoms with Crippen molar-refractivity contribution in [1.82, 2.24) is 4.98 Å². The number of carbonyl (C=O) groups is 1.